The first-order valence-electron chi connectivity index (χ1n) is 4.46. The van der Waals surface area contributed by atoms with E-state index >= 15 is 0 Å². The van der Waals surface area contributed by atoms with Crippen LogP contribution in [-0.4, -0.2) is 21.0 Å². The van der Waals surface area contributed by atoms with E-state index in [0.717, 1.165) is 0 Å². The lowest BCUT2D eigenvalue weighted by molar-refractivity contribution is -0.109. The molecule has 0 saturated heterocycles. The van der Waals surface area contributed by atoms with Crippen molar-refractivity contribution in [3.8, 4) is 17.6 Å². The lowest BCUT2D eigenvalue weighted by Gasteiger charge is -1.92. The summed E-state index contributed by atoms with van der Waals surface area (Å²) >= 11 is 1.25. The predicted molar refractivity (Wildman–Crippen MR) is 60.5 cm³/mol. The van der Waals surface area contributed by atoms with E-state index in [0.29, 0.717) is 17.9 Å². The van der Waals surface area contributed by atoms with Crippen molar-refractivity contribution >= 4 is 16.9 Å². The standard InChI is InChI=1S/C11H11NO2S/c1-9(13)15-8-3-2-5-10-11(14)6-4-7-12-10/h4,6-7,14H,3,8H2,1H3. The SMILES string of the molecule is CC(=O)SCCC#Cc1ncccc1O. The minimum Gasteiger partial charge on any atom is -0.505 e. The largest absolute Gasteiger partial charge is 0.505 e. The summed E-state index contributed by atoms with van der Waals surface area (Å²) in [5.41, 5.74) is 0.380. The fourth-order valence-corrected chi connectivity index (χ4v) is 1.38. The average molecular weight is 221 g/mol. The molecular weight excluding hydrogens is 210 g/mol. The van der Waals surface area contributed by atoms with Gasteiger partial charge in [-0.15, -0.1) is 0 Å². The van der Waals surface area contributed by atoms with Crippen LogP contribution >= 0.6 is 11.8 Å². The molecule has 0 aliphatic rings. The molecule has 1 aromatic heterocycles. The molecule has 0 fully saturated rings. The number of rotatable bonds is 2. The van der Waals surface area contributed by atoms with E-state index in [1.807, 2.05) is 0 Å². The number of nitrogens with zero attached hydrogens (tertiary/aromatic N) is 1. The van der Waals surface area contributed by atoms with Crippen molar-refractivity contribution in [3.05, 3.63) is 24.0 Å². The Kier molecular flexibility index (Phi) is 4.72. The predicted octanol–water partition coefficient (Wildman–Crippen LogP) is 1.81. The normalized spacial score (nSPS) is 9.13. The molecule has 0 atom stereocenters. The maximum atomic E-state index is 10.6. The van der Waals surface area contributed by atoms with Crippen molar-refractivity contribution in [3.63, 3.8) is 0 Å². The average Bonchev–Trinajstić information content (AvgIpc) is 2.20. The quantitative estimate of drug-likeness (QED) is 0.611. The highest BCUT2D eigenvalue weighted by molar-refractivity contribution is 8.13. The molecule has 0 amide bonds. The number of hydrogen-bond acceptors (Lipinski definition) is 4. The zero-order chi connectivity index (χ0) is 11.1. The summed E-state index contributed by atoms with van der Waals surface area (Å²) in [6.45, 7) is 1.53. The number of hydrogen-bond donors (Lipinski definition) is 1. The fourth-order valence-electron chi connectivity index (χ4n) is 0.885. The summed E-state index contributed by atoms with van der Waals surface area (Å²) in [5.74, 6) is 6.37. The Labute approximate surface area is 92.9 Å². The molecule has 78 valence electrons. The first kappa shape index (κ1) is 11.6. The van der Waals surface area contributed by atoms with Crippen molar-refractivity contribution in [1.29, 1.82) is 0 Å². The van der Waals surface area contributed by atoms with Crippen LogP contribution in [0.25, 0.3) is 0 Å². The van der Waals surface area contributed by atoms with Crippen molar-refractivity contribution < 1.29 is 9.90 Å². The summed E-state index contributed by atoms with van der Waals surface area (Å²) in [4.78, 5) is 14.5. The molecule has 0 bridgehead atoms. The summed E-state index contributed by atoms with van der Waals surface area (Å²) in [5, 5.41) is 9.43. The molecule has 3 nitrogen and oxygen atoms in total. The molecule has 0 saturated carbocycles. The van der Waals surface area contributed by atoms with Crippen molar-refractivity contribution in [2.45, 2.75) is 13.3 Å². The van der Waals surface area contributed by atoms with Gasteiger partial charge in [0.15, 0.2) is 10.8 Å². The Morgan fingerprint density at radius 3 is 3.13 bits per heavy atom. The van der Waals surface area contributed by atoms with Gasteiger partial charge < -0.3 is 5.11 Å². The summed E-state index contributed by atoms with van der Waals surface area (Å²) in [6.07, 6.45) is 2.19. The van der Waals surface area contributed by atoms with E-state index < -0.39 is 0 Å². The molecule has 1 N–H and O–H groups in total. The minimum absolute atomic E-state index is 0.0872. The third-order valence-electron chi connectivity index (χ3n) is 1.53. The first-order chi connectivity index (χ1) is 7.20. The van der Waals surface area contributed by atoms with Gasteiger partial charge in [0.25, 0.3) is 0 Å². The molecule has 1 aromatic rings. The Hall–Kier alpha value is -1.47. The van der Waals surface area contributed by atoms with Crippen LogP contribution in [0.5, 0.6) is 5.75 Å². The monoisotopic (exact) mass is 221 g/mol. The summed E-state index contributed by atoms with van der Waals surface area (Å²) in [7, 11) is 0. The lowest BCUT2D eigenvalue weighted by atomic mass is 10.3. The highest BCUT2D eigenvalue weighted by Gasteiger charge is 1.95. The fraction of sp³-hybridized carbons (Fsp3) is 0.273. The first-order valence-corrected chi connectivity index (χ1v) is 5.45. The number of pyridine rings is 1. The van der Waals surface area contributed by atoms with Crippen molar-refractivity contribution in [2.24, 2.45) is 0 Å². The second-order valence-corrected chi connectivity index (χ2v) is 4.03. The Morgan fingerprint density at radius 1 is 1.67 bits per heavy atom. The van der Waals surface area contributed by atoms with Gasteiger partial charge in [-0.2, -0.15) is 0 Å². The van der Waals surface area contributed by atoms with E-state index in [9.17, 15) is 9.90 Å². The van der Waals surface area contributed by atoms with E-state index in [1.54, 1.807) is 18.3 Å². The maximum absolute atomic E-state index is 10.6. The number of carbonyl (C=O) groups is 1. The highest BCUT2D eigenvalue weighted by Crippen LogP contribution is 2.10. The molecule has 0 radical (unpaired) electrons. The Balaban J connectivity index is 2.45. The van der Waals surface area contributed by atoms with Crippen LogP contribution in [0.1, 0.15) is 19.0 Å². The van der Waals surface area contributed by atoms with E-state index in [1.165, 1.54) is 18.7 Å². The van der Waals surface area contributed by atoms with Crippen molar-refractivity contribution in [1.82, 2.24) is 4.98 Å². The van der Waals surface area contributed by atoms with E-state index in [4.69, 9.17) is 0 Å². The molecule has 1 heterocycles. The van der Waals surface area contributed by atoms with Gasteiger partial charge in [0.2, 0.25) is 0 Å². The Morgan fingerprint density at radius 2 is 2.47 bits per heavy atom. The van der Waals surface area contributed by atoms with Crippen LogP contribution in [0, 0.1) is 11.8 Å². The third kappa shape index (κ3) is 4.52. The van der Waals surface area contributed by atoms with Gasteiger partial charge in [-0.1, -0.05) is 17.7 Å². The summed E-state index contributed by atoms with van der Waals surface area (Å²) < 4.78 is 0. The zero-order valence-electron chi connectivity index (χ0n) is 8.36. The molecule has 0 spiro atoms. The number of aromatic hydroxyl groups is 1. The number of thioether (sulfide) groups is 1. The molecule has 4 heteroatoms. The van der Waals surface area contributed by atoms with Gasteiger partial charge in [-0.3, -0.25) is 4.79 Å². The molecule has 0 aliphatic carbocycles. The highest BCUT2D eigenvalue weighted by atomic mass is 32.2. The van der Waals surface area contributed by atoms with E-state index in [2.05, 4.69) is 16.8 Å². The van der Waals surface area contributed by atoms with Crippen LogP contribution < -0.4 is 0 Å². The van der Waals surface area contributed by atoms with Crippen LogP contribution in [0.15, 0.2) is 18.3 Å². The van der Waals surface area contributed by atoms with E-state index in [-0.39, 0.29) is 10.9 Å². The Bertz CT molecular complexity index is 407. The topological polar surface area (TPSA) is 50.2 Å². The van der Waals surface area contributed by atoms with Gasteiger partial charge >= 0.3 is 0 Å². The molecule has 1 rings (SSSR count). The number of aromatic nitrogens is 1. The minimum atomic E-state index is 0.0872. The second-order valence-electron chi connectivity index (χ2n) is 2.76. The van der Waals surface area contributed by atoms with Gasteiger partial charge in [-0.05, 0) is 18.1 Å². The lowest BCUT2D eigenvalue weighted by Crippen LogP contribution is -1.85. The third-order valence-corrected chi connectivity index (χ3v) is 2.34. The van der Waals surface area contributed by atoms with Crippen LogP contribution in [0.4, 0.5) is 0 Å². The zero-order valence-corrected chi connectivity index (χ0v) is 9.17. The van der Waals surface area contributed by atoms with Gasteiger partial charge in [0.1, 0.15) is 5.75 Å². The summed E-state index contributed by atoms with van der Waals surface area (Å²) in [6, 6.07) is 3.19. The maximum Gasteiger partial charge on any atom is 0.185 e. The van der Waals surface area contributed by atoms with Gasteiger partial charge in [0, 0.05) is 25.3 Å². The van der Waals surface area contributed by atoms with Crippen LogP contribution in [-0.2, 0) is 4.79 Å². The van der Waals surface area contributed by atoms with Crippen molar-refractivity contribution in [2.75, 3.05) is 5.75 Å². The van der Waals surface area contributed by atoms with Crippen LogP contribution in [0.3, 0.4) is 0 Å². The second kappa shape index (κ2) is 6.10. The molecule has 0 aliphatic heterocycles. The van der Waals surface area contributed by atoms with Gasteiger partial charge in [-0.25, -0.2) is 4.98 Å². The van der Waals surface area contributed by atoms with Gasteiger partial charge in [0.05, 0.1) is 0 Å². The van der Waals surface area contributed by atoms with Crippen LogP contribution in [0.2, 0.25) is 0 Å². The molecule has 0 aromatic carbocycles. The molecular formula is C11H11NO2S. The smallest absolute Gasteiger partial charge is 0.185 e. The molecule has 0 unspecified atom stereocenters. The molecule has 15 heavy (non-hydrogen) atoms. The number of carbonyl (C=O) groups excluding carboxylic acids is 1.